The van der Waals surface area contributed by atoms with E-state index in [9.17, 15) is 14.4 Å². The molecule has 2 N–H and O–H groups in total. The zero-order chi connectivity index (χ0) is 18.7. The van der Waals surface area contributed by atoms with E-state index in [0.29, 0.717) is 22.9 Å². The van der Waals surface area contributed by atoms with Gasteiger partial charge in [-0.2, -0.15) is 0 Å². The summed E-state index contributed by atoms with van der Waals surface area (Å²) in [4.78, 5) is 37.5. The zero-order valence-electron chi connectivity index (χ0n) is 14.2. The third-order valence-corrected chi connectivity index (χ3v) is 4.34. The van der Waals surface area contributed by atoms with Crippen molar-refractivity contribution in [2.45, 2.75) is 13.3 Å². The number of halogens is 1. The topological polar surface area (TPSA) is 78.5 Å². The molecule has 6 nitrogen and oxygen atoms in total. The van der Waals surface area contributed by atoms with Crippen LogP contribution in [0.1, 0.15) is 13.3 Å². The van der Waals surface area contributed by atoms with Gasteiger partial charge in [-0.25, -0.2) is 0 Å². The molecule has 0 spiro atoms. The van der Waals surface area contributed by atoms with Crippen LogP contribution in [0.25, 0.3) is 0 Å². The highest BCUT2D eigenvalue weighted by molar-refractivity contribution is 6.30. The number of amides is 3. The zero-order valence-corrected chi connectivity index (χ0v) is 14.9. The van der Waals surface area contributed by atoms with Crippen LogP contribution in [0.4, 0.5) is 17.1 Å². The molecule has 2 aromatic rings. The molecule has 0 saturated carbocycles. The Morgan fingerprint density at radius 3 is 2.38 bits per heavy atom. The summed E-state index contributed by atoms with van der Waals surface area (Å²) in [7, 11) is 0. The van der Waals surface area contributed by atoms with Gasteiger partial charge in [-0.3, -0.25) is 14.4 Å². The molecule has 3 amide bonds. The molecule has 1 saturated heterocycles. The van der Waals surface area contributed by atoms with Crippen LogP contribution in [0.15, 0.2) is 48.5 Å². The summed E-state index contributed by atoms with van der Waals surface area (Å²) in [5, 5.41) is 6.07. The van der Waals surface area contributed by atoms with Gasteiger partial charge in [0.1, 0.15) is 0 Å². The van der Waals surface area contributed by atoms with E-state index < -0.39 is 5.92 Å². The monoisotopic (exact) mass is 371 g/mol. The molecule has 1 atom stereocenters. The first-order valence-electron chi connectivity index (χ1n) is 8.17. The fourth-order valence-corrected chi connectivity index (χ4v) is 3.00. The lowest BCUT2D eigenvalue weighted by Gasteiger charge is -2.17. The molecule has 0 radical (unpaired) electrons. The van der Waals surface area contributed by atoms with Crippen LogP contribution in [-0.2, 0) is 14.4 Å². The van der Waals surface area contributed by atoms with Crippen molar-refractivity contribution >= 4 is 46.4 Å². The van der Waals surface area contributed by atoms with Gasteiger partial charge in [0.25, 0.3) is 0 Å². The summed E-state index contributed by atoms with van der Waals surface area (Å²) in [5.74, 6) is -0.953. The first kappa shape index (κ1) is 17.9. The van der Waals surface area contributed by atoms with Crippen molar-refractivity contribution in [1.29, 1.82) is 0 Å². The molecule has 1 aliphatic rings. The number of nitrogens with one attached hydrogen (secondary N) is 2. The van der Waals surface area contributed by atoms with E-state index in [-0.39, 0.29) is 24.1 Å². The van der Waals surface area contributed by atoms with E-state index >= 15 is 0 Å². The number of anilines is 3. The van der Waals surface area contributed by atoms with Crippen LogP contribution in [0, 0.1) is 5.92 Å². The average molecular weight is 372 g/mol. The van der Waals surface area contributed by atoms with E-state index in [1.807, 2.05) is 0 Å². The van der Waals surface area contributed by atoms with Gasteiger partial charge in [0, 0.05) is 42.0 Å². The number of benzene rings is 2. The van der Waals surface area contributed by atoms with Gasteiger partial charge in [-0.15, -0.1) is 0 Å². The van der Waals surface area contributed by atoms with Gasteiger partial charge in [-0.1, -0.05) is 17.7 Å². The van der Waals surface area contributed by atoms with Gasteiger partial charge in [0.2, 0.25) is 17.7 Å². The lowest BCUT2D eigenvalue weighted by molar-refractivity contribution is -0.122. The standard InChI is InChI=1S/C19H18ClN3O3/c1-12(24)21-15-3-2-4-16(10-15)22-19(26)13-9-18(25)23(11-13)17-7-5-14(20)6-8-17/h2-8,10,13H,9,11H2,1H3,(H,21,24)(H,22,26)/t13-/m1/s1. The first-order valence-corrected chi connectivity index (χ1v) is 8.54. The average Bonchev–Trinajstić information content (AvgIpc) is 2.97. The molecule has 0 aliphatic carbocycles. The third kappa shape index (κ3) is 4.21. The van der Waals surface area contributed by atoms with E-state index in [2.05, 4.69) is 10.6 Å². The molecule has 0 unspecified atom stereocenters. The highest BCUT2D eigenvalue weighted by Gasteiger charge is 2.35. The van der Waals surface area contributed by atoms with Crippen molar-refractivity contribution in [2.24, 2.45) is 5.92 Å². The van der Waals surface area contributed by atoms with Gasteiger partial charge < -0.3 is 15.5 Å². The Balaban J connectivity index is 1.66. The Kier molecular flexibility index (Phi) is 5.23. The molecule has 1 fully saturated rings. The van der Waals surface area contributed by atoms with Crippen molar-refractivity contribution in [3.63, 3.8) is 0 Å². The van der Waals surface area contributed by atoms with Gasteiger partial charge in [0.15, 0.2) is 0 Å². The quantitative estimate of drug-likeness (QED) is 0.865. The van der Waals surface area contributed by atoms with Crippen LogP contribution in [0.3, 0.4) is 0 Å². The third-order valence-electron chi connectivity index (χ3n) is 4.08. The summed E-state index contributed by atoms with van der Waals surface area (Å²) in [5.41, 5.74) is 1.89. The van der Waals surface area contributed by atoms with Crippen molar-refractivity contribution < 1.29 is 14.4 Å². The number of rotatable bonds is 4. The molecule has 0 aromatic heterocycles. The van der Waals surface area contributed by atoms with Crippen molar-refractivity contribution in [3.8, 4) is 0 Å². The van der Waals surface area contributed by atoms with Crippen molar-refractivity contribution in [3.05, 3.63) is 53.6 Å². The van der Waals surface area contributed by atoms with Crippen molar-refractivity contribution in [2.75, 3.05) is 22.1 Å². The van der Waals surface area contributed by atoms with Crippen molar-refractivity contribution in [1.82, 2.24) is 0 Å². The van der Waals surface area contributed by atoms with Crippen LogP contribution in [0.2, 0.25) is 5.02 Å². The Bertz CT molecular complexity index is 851. The molecule has 7 heteroatoms. The van der Waals surface area contributed by atoms with E-state index in [0.717, 1.165) is 5.69 Å². The minimum absolute atomic E-state index is 0.0977. The number of nitrogens with zero attached hydrogens (tertiary/aromatic N) is 1. The Hall–Kier alpha value is -2.86. The lowest BCUT2D eigenvalue weighted by atomic mass is 10.1. The van der Waals surface area contributed by atoms with E-state index in [1.165, 1.54) is 6.92 Å². The summed E-state index contributed by atoms with van der Waals surface area (Å²) in [6, 6.07) is 13.8. The maximum absolute atomic E-state index is 12.5. The predicted molar refractivity (Wildman–Crippen MR) is 101 cm³/mol. The maximum Gasteiger partial charge on any atom is 0.229 e. The van der Waals surface area contributed by atoms with Gasteiger partial charge >= 0.3 is 0 Å². The first-order chi connectivity index (χ1) is 12.4. The number of carbonyl (C=O) groups is 3. The Labute approximate surface area is 156 Å². The minimum Gasteiger partial charge on any atom is -0.326 e. The molecular weight excluding hydrogens is 354 g/mol. The summed E-state index contributed by atoms with van der Waals surface area (Å²) >= 11 is 5.87. The Morgan fingerprint density at radius 1 is 1.08 bits per heavy atom. The fraction of sp³-hybridized carbons (Fsp3) is 0.211. The van der Waals surface area contributed by atoms with Crippen LogP contribution < -0.4 is 15.5 Å². The fourth-order valence-electron chi connectivity index (χ4n) is 2.88. The predicted octanol–water partition coefficient (Wildman–Crippen LogP) is 3.29. The van der Waals surface area contributed by atoms with Gasteiger partial charge in [-0.05, 0) is 42.5 Å². The number of hydrogen-bond donors (Lipinski definition) is 2. The van der Waals surface area contributed by atoms with E-state index in [1.54, 1.807) is 53.4 Å². The van der Waals surface area contributed by atoms with Crippen LogP contribution in [0.5, 0.6) is 0 Å². The van der Waals surface area contributed by atoms with Crippen LogP contribution in [-0.4, -0.2) is 24.3 Å². The molecule has 1 aliphatic heterocycles. The minimum atomic E-state index is -0.442. The lowest BCUT2D eigenvalue weighted by Crippen LogP contribution is -2.28. The number of carbonyl (C=O) groups excluding carboxylic acids is 3. The summed E-state index contributed by atoms with van der Waals surface area (Å²) in [6.07, 6.45) is 0.153. The maximum atomic E-state index is 12.5. The summed E-state index contributed by atoms with van der Waals surface area (Å²) in [6.45, 7) is 1.73. The molecular formula is C19H18ClN3O3. The molecule has 1 heterocycles. The molecule has 2 aromatic carbocycles. The second kappa shape index (κ2) is 7.58. The SMILES string of the molecule is CC(=O)Nc1cccc(NC(=O)[C@@H]2CC(=O)N(c3ccc(Cl)cc3)C2)c1. The number of hydrogen-bond acceptors (Lipinski definition) is 3. The highest BCUT2D eigenvalue weighted by Crippen LogP contribution is 2.27. The second-order valence-electron chi connectivity index (χ2n) is 6.13. The smallest absolute Gasteiger partial charge is 0.229 e. The van der Waals surface area contributed by atoms with E-state index in [4.69, 9.17) is 11.6 Å². The van der Waals surface area contributed by atoms with Gasteiger partial charge in [0.05, 0.1) is 5.92 Å². The highest BCUT2D eigenvalue weighted by atomic mass is 35.5. The molecule has 134 valence electrons. The largest absolute Gasteiger partial charge is 0.326 e. The molecule has 26 heavy (non-hydrogen) atoms. The molecule has 0 bridgehead atoms. The Morgan fingerprint density at radius 2 is 1.73 bits per heavy atom. The normalized spacial score (nSPS) is 16.5. The van der Waals surface area contributed by atoms with Crippen LogP contribution >= 0.6 is 11.6 Å². The second-order valence-corrected chi connectivity index (χ2v) is 6.57. The molecule has 3 rings (SSSR count). The summed E-state index contributed by atoms with van der Waals surface area (Å²) < 4.78 is 0.